The van der Waals surface area contributed by atoms with Gasteiger partial charge in [-0.05, 0) is 37.7 Å². The molecule has 1 aromatic rings. The third kappa shape index (κ3) is 2.34. The van der Waals surface area contributed by atoms with Gasteiger partial charge in [-0.3, -0.25) is 9.48 Å². The van der Waals surface area contributed by atoms with Crippen molar-refractivity contribution in [2.75, 3.05) is 0 Å². The number of aromatic nitrogens is 2. The monoisotopic (exact) mass is 237 g/mol. The molecule has 0 radical (unpaired) electrons. The zero-order chi connectivity index (χ0) is 12.5. The van der Waals surface area contributed by atoms with Crippen molar-refractivity contribution in [3.8, 4) is 0 Å². The second-order valence-electron chi connectivity index (χ2n) is 5.00. The molecule has 1 aromatic heterocycles. The second kappa shape index (κ2) is 4.49. The smallest absolute Gasteiger partial charge is 0.323 e. The van der Waals surface area contributed by atoms with E-state index in [1.54, 1.807) is 0 Å². The predicted octanol–water partition coefficient (Wildman–Crippen LogP) is 1.16. The fourth-order valence-corrected chi connectivity index (χ4v) is 2.66. The van der Waals surface area contributed by atoms with E-state index in [-0.39, 0.29) is 5.92 Å². The Morgan fingerprint density at radius 1 is 1.76 bits per heavy atom. The molecular formula is C12H19N3O2. The fraction of sp³-hybridized carbons (Fsp3) is 0.667. The Morgan fingerprint density at radius 3 is 3.12 bits per heavy atom. The summed E-state index contributed by atoms with van der Waals surface area (Å²) in [6.45, 7) is 2.73. The predicted molar refractivity (Wildman–Crippen MR) is 63.5 cm³/mol. The highest BCUT2D eigenvalue weighted by Gasteiger charge is 2.45. The van der Waals surface area contributed by atoms with E-state index >= 15 is 0 Å². The van der Waals surface area contributed by atoms with Gasteiger partial charge < -0.3 is 10.8 Å². The molecule has 0 amide bonds. The van der Waals surface area contributed by atoms with E-state index in [1.807, 2.05) is 24.0 Å². The van der Waals surface area contributed by atoms with Crippen molar-refractivity contribution in [1.29, 1.82) is 0 Å². The molecule has 94 valence electrons. The van der Waals surface area contributed by atoms with E-state index in [9.17, 15) is 9.90 Å². The molecule has 5 heteroatoms. The van der Waals surface area contributed by atoms with Crippen molar-refractivity contribution in [2.24, 2.45) is 11.7 Å². The number of nitrogens with zero attached hydrogens (tertiary/aromatic N) is 2. The average Bonchev–Trinajstić information content (AvgIpc) is 2.83. The first kappa shape index (κ1) is 12.1. The molecule has 1 aliphatic rings. The van der Waals surface area contributed by atoms with Crippen LogP contribution in [-0.4, -0.2) is 26.4 Å². The molecule has 2 unspecified atom stereocenters. The lowest BCUT2D eigenvalue weighted by molar-refractivity contribution is -0.144. The van der Waals surface area contributed by atoms with Crippen LogP contribution in [0.15, 0.2) is 12.4 Å². The Morgan fingerprint density at radius 2 is 2.53 bits per heavy atom. The third-order valence-corrected chi connectivity index (χ3v) is 3.74. The number of nitrogens with two attached hydrogens (primary N) is 1. The molecule has 3 N–H and O–H groups in total. The number of hydrogen-bond donors (Lipinski definition) is 2. The topological polar surface area (TPSA) is 81.1 Å². The molecule has 0 aliphatic heterocycles. The van der Waals surface area contributed by atoms with Crippen LogP contribution in [0.25, 0.3) is 0 Å². The lowest BCUT2D eigenvalue weighted by Crippen LogP contribution is -2.51. The SMILES string of the molecule is Cc1cnn(CCC2CCCC2(N)C(=O)O)c1. The number of carboxylic acid groups (broad SMARTS) is 1. The van der Waals surface area contributed by atoms with E-state index in [2.05, 4.69) is 5.10 Å². The van der Waals surface area contributed by atoms with Crippen molar-refractivity contribution < 1.29 is 9.90 Å². The van der Waals surface area contributed by atoms with Crippen molar-refractivity contribution in [3.63, 3.8) is 0 Å². The van der Waals surface area contributed by atoms with Gasteiger partial charge in [0.1, 0.15) is 5.54 Å². The van der Waals surface area contributed by atoms with Crippen LogP contribution in [0.2, 0.25) is 0 Å². The van der Waals surface area contributed by atoms with Gasteiger partial charge in [-0.25, -0.2) is 0 Å². The minimum absolute atomic E-state index is 0.0597. The van der Waals surface area contributed by atoms with E-state index < -0.39 is 11.5 Å². The number of aryl methyl sites for hydroxylation is 2. The lowest BCUT2D eigenvalue weighted by Gasteiger charge is -2.26. The molecule has 2 atom stereocenters. The minimum atomic E-state index is -1.03. The summed E-state index contributed by atoms with van der Waals surface area (Å²) in [6.07, 6.45) is 6.96. The Bertz CT molecular complexity index is 416. The van der Waals surface area contributed by atoms with Gasteiger partial charge in [0.25, 0.3) is 0 Å². The molecule has 17 heavy (non-hydrogen) atoms. The van der Waals surface area contributed by atoms with Gasteiger partial charge in [-0.1, -0.05) is 6.42 Å². The van der Waals surface area contributed by atoms with Crippen molar-refractivity contribution in [2.45, 2.75) is 44.7 Å². The maximum atomic E-state index is 11.2. The van der Waals surface area contributed by atoms with Gasteiger partial charge in [0.05, 0.1) is 6.20 Å². The summed E-state index contributed by atoms with van der Waals surface area (Å²) in [4.78, 5) is 11.2. The fourth-order valence-electron chi connectivity index (χ4n) is 2.66. The van der Waals surface area contributed by atoms with E-state index in [1.165, 1.54) is 0 Å². The highest BCUT2D eigenvalue weighted by molar-refractivity contribution is 5.79. The van der Waals surface area contributed by atoms with Crippen molar-refractivity contribution in [1.82, 2.24) is 9.78 Å². The van der Waals surface area contributed by atoms with Gasteiger partial charge >= 0.3 is 5.97 Å². The van der Waals surface area contributed by atoms with Crippen LogP contribution in [0, 0.1) is 12.8 Å². The average molecular weight is 237 g/mol. The number of carboxylic acids is 1. The van der Waals surface area contributed by atoms with Gasteiger partial charge in [0.15, 0.2) is 0 Å². The zero-order valence-electron chi connectivity index (χ0n) is 10.1. The number of aliphatic carboxylic acids is 1. The Hall–Kier alpha value is -1.36. The van der Waals surface area contributed by atoms with Crippen LogP contribution in [0.3, 0.4) is 0 Å². The summed E-state index contributed by atoms with van der Waals surface area (Å²) in [5.41, 5.74) is 6.08. The molecule has 1 saturated carbocycles. The molecule has 5 nitrogen and oxygen atoms in total. The largest absolute Gasteiger partial charge is 0.480 e. The maximum Gasteiger partial charge on any atom is 0.323 e. The molecule has 0 bridgehead atoms. The quantitative estimate of drug-likeness (QED) is 0.823. The lowest BCUT2D eigenvalue weighted by atomic mass is 9.86. The third-order valence-electron chi connectivity index (χ3n) is 3.74. The van der Waals surface area contributed by atoms with E-state index in [0.29, 0.717) is 6.42 Å². The zero-order valence-corrected chi connectivity index (χ0v) is 10.1. The normalized spacial score (nSPS) is 28.5. The van der Waals surface area contributed by atoms with E-state index in [4.69, 9.17) is 5.73 Å². The first-order valence-electron chi connectivity index (χ1n) is 6.04. The molecule has 0 spiro atoms. The Balaban J connectivity index is 1.97. The summed E-state index contributed by atoms with van der Waals surface area (Å²) < 4.78 is 1.86. The molecule has 1 heterocycles. The van der Waals surface area contributed by atoms with Gasteiger partial charge in [-0.15, -0.1) is 0 Å². The molecule has 1 fully saturated rings. The summed E-state index contributed by atoms with van der Waals surface area (Å²) in [6, 6.07) is 0. The standard InChI is InChI=1S/C12H19N3O2/c1-9-7-14-15(8-9)6-4-10-3-2-5-12(10,13)11(16)17/h7-8,10H,2-6,13H2,1H3,(H,16,17). The summed E-state index contributed by atoms with van der Waals surface area (Å²) in [7, 11) is 0. The van der Waals surface area contributed by atoms with Crippen LogP contribution in [0.4, 0.5) is 0 Å². The van der Waals surface area contributed by atoms with E-state index in [0.717, 1.165) is 31.4 Å². The van der Waals surface area contributed by atoms with Crippen molar-refractivity contribution in [3.05, 3.63) is 18.0 Å². The molecule has 0 saturated heterocycles. The maximum absolute atomic E-state index is 11.2. The van der Waals surface area contributed by atoms with Gasteiger partial charge in [0, 0.05) is 12.7 Å². The van der Waals surface area contributed by atoms with Crippen LogP contribution < -0.4 is 5.73 Å². The Labute approximate surface area is 101 Å². The molecular weight excluding hydrogens is 218 g/mol. The highest BCUT2D eigenvalue weighted by atomic mass is 16.4. The minimum Gasteiger partial charge on any atom is -0.480 e. The number of rotatable bonds is 4. The molecule has 2 rings (SSSR count). The summed E-state index contributed by atoms with van der Waals surface area (Å²) >= 11 is 0. The van der Waals surface area contributed by atoms with Gasteiger partial charge in [-0.2, -0.15) is 5.10 Å². The molecule has 1 aliphatic carbocycles. The second-order valence-corrected chi connectivity index (χ2v) is 5.00. The van der Waals surface area contributed by atoms with Crippen LogP contribution in [0.5, 0.6) is 0 Å². The summed E-state index contributed by atoms with van der Waals surface area (Å²) in [5.74, 6) is -0.804. The van der Waals surface area contributed by atoms with Gasteiger partial charge in [0.2, 0.25) is 0 Å². The number of hydrogen-bond acceptors (Lipinski definition) is 3. The first-order valence-corrected chi connectivity index (χ1v) is 6.04. The Kier molecular flexibility index (Phi) is 3.19. The van der Waals surface area contributed by atoms with Crippen LogP contribution in [-0.2, 0) is 11.3 Å². The number of carbonyl (C=O) groups is 1. The molecule has 0 aromatic carbocycles. The highest BCUT2D eigenvalue weighted by Crippen LogP contribution is 2.36. The summed E-state index contributed by atoms with van der Waals surface area (Å²) in [5, 5.41) is 13.4. The van der Waals surface area contributed by atoms with Crippen molar-refractivity contribution >= 4 is 5.97 Å². The van der Waals surface area contributed by atoms with Crippen LogP contribution in [0.1, 0.15) is 31.2 Å². The van der Waals surface area contributed by atoms with Crippen LogP contribution >= 0.6 is 0 Å². The first-order chi connectivity index (χ1) is 8.02.